The summed E-state index contributed by atoms with van der Waals surface area (Å²) >= 11 is 0. The van der Waals surface area contributed by atoms with Crippen molar-refractivity contribution in [2.24, 2.45) is 0 Å². The molecule has 4 unspecified atom stereocenters. The van der Waals surface area contributed by atoms with Gasteiger partial charge in [0.2, 0.25) is 0 Å². The van der Waals surface area contributed by atoms with Crippen molar-refractivity contribution in [1.82, 2.24) is 57.8 Å². The number of nitrogens with zero attached hydrogens (tertiary/aromatic N) is 12. The lowest BCUT2D eigenvalue weighted by molar-refractivity contribution is -0.118. The number of hydrogen-bond acceptors (Lipinski definition) is 14. The second-order valence-electron chi connectivity index (χ2n) is 30.6. The van der Waals surface area contributed by atoms with Gasteiger partial charge in [-0.2, -0.15) is 0 Å². The Morgan fingerprint density at radius 2 is 0.724 bits per heavy atom. The number of aryl methyl sites for hydroxylation is 3. The summed E-state index contributed by atoms with van der Waals surface area (Å²) in [4.78, 5) is 37.1. The molecule has 18 nitrogen and oxygen atoms in total. The van der Waals surface area contributed by atoms with Gasteiger partial charge in [-0.25, -0.2) is 0 Å². The maximum absolute atomic E-state index is 11.6. The molecule has 4 aliphatic rings. The van der Waals surface area contributed by atoms with E-state index in [1.807, 2.05) is 48.5 Å². The molecule has 8 aromatic heterocycles. The molecule has 4 atom stereocenters. The highest BCUT2D eigenvalue weighted by molar-refractivity contribution is 5.89. The fourth-order valence-corrected chi connectivity index (χ4v) is 16.2. The van der Waals surface area contributed by atoms with Crippen molar-refractivity contribution in [2.75, 3.05) is 60.0 Å². The molecule has 548 valence electrons. The summed E-state index contributed by atoms with van der Waals surface area (Å²) in [6, 6.07) is 41.6. The van der Waals surface area contributed by atoms with E-state index < -0.39 is 24.4 Å². The number of carbonyl (C=O) groups is 1. The summed E-state index contributed by atoms with van der Waals surface area (Å²) in [5.74, 6) is 0.200. The Labute approximate surface area is 617 Å². The number of Topliss-reactive ketones (excluding diaryl/α,β-unsaturated/α-hetero) is 1. The molecule has 12 heterocycles. The second-order valence-corrected chi connectivity index (χ2v) is 30.6. The molecule has 12 aromatic rings. The van der Waals surface area contributed by atoms with E-state index in [1.165, 1.54) is 105 Å². The Balaban J connectivity index is 0.000000124. The smallest absolute Gasteiger partial charge is 0.143 e. The fraction of sp³-hybridized carbons (Fsp3) is 0.391. The number of hydrogen-bond donors (Lipinski definition) is 5. The largest absolute Gasteiger partial charge is 0.396 e. The van der Waals surface area contributed by atoms with E-state index >= 15 is 0 Å². The van der Waals surface area contributed by atoms with Gasteiger partial charge in [0.25, 0.3) is 0 Å². The van der Waals surface area contributed by atoms with E-state index in [4.69, 9.17) is 5.11 Å². The van der Waals surface area contributed by atoms with E-state index in [-0.39, 0.29) is 17.8 Å². The van der Waals surface area contributed by atoms with Crippen LogP contribution in [0.25, 0.3) is 43.6 Å². The van der Waals surface area contributed by atoms with Crippen LogP contribution in [0.15, 0.2) is 171 Å². The first-order valence-corrected chi connectivity index (χ1v) is 37.4. The molecule has 0 aliphatic carbocycles. The van der Waals surface area contributed by atoms with Crippen molar-refractivity contribution in [2.45, 2.75) is 163 Å². The van der Waals surface area contributed by atoms with Gasteiger partial charge in [-0.3, -0.25) is 34.5 Å². The van der Waals surface area contributed by atoms with Gasteiger partial charge in [-0.15, -0.1) is 0 Å². The lowest BCUT2D eigenvalue weighted by Gasteiger charge is -2.28. The highest BCUT2D eigenvalue weighted by Crippen LogP contribution is 2.39. The molecule has 4 aromatic carbocycles. The molecule has 0 bridgehead atoms. The predicted octanol–water partition coefficient (Wildman–Crippen LogP) is 13.0. The zero-order chi connectivity index (χ0) is 73.6. The third-order valence-corrected chi connectivity index (χ3v) is 21.8. The number of fused-ring (bicyclic) bond motifs is 12. The number of carbonyl (C=O) groups excluding carboxylic acids is 1. The maximum Gasteiger partial charge on any atom is 0.143 e. The van der Waals surface area contributed by atoms with Crippen molar-refractivity contribution in [3.05, 3.63) is 260 Å². The number of ketones is 1. The van der Waals surface area contributed by atoms with E-state index in [0.717, 1.165) is 119 Å². The monoisotopic (exact) mass is 1410 g/mol. The Kier molecular flexibility index (Phi) is 23.2. The van der Waals surface area contributed by atoms with Crippen LogP contribution >= 0.6 is 0 Å². The summed E-state index contributed by atoms with van der Waals surface area (Å²) < 4.78 is 9.23. The molecule has 0 saturated carbocycles. The van der Waals surface area contributed by atoms with E-state index in [1.54, 1.807) is 56.5 Å². The maximum atomic E-state index is 11.6. The molecule has 5 N–H and O–H groups in total. The Morgan fingerprint density at radius 3 is 1.06 bits per heavy atom. The molecule has 16 rings (SSSR count). The minimum Gasteiger partial charge on any atom is -0.396 e. The third-order valence-electron chi connectivity index (χ3n) is 21.8. The van der Waals surface area contributed by atoms with Crippen LogP contribution in [0, 0.1) is 20.8 Å². The number of likely N-dealkylation sites (N-methyl/N-ethyl adjacent to an activating group) is 2. The number of aromatic nitrogens is 8. The number of aliphatic hydroxyl groups excluding tert-OH is 5. The Morgan fingerprint density at radius 1 is 0.419 bits per heavy atom. The van der Waals surface area contributed by atoms with Gasteiger partial charge in [0.15, 0.2) is 0 Å². The fourth-order valence-electron chi connectivity index (χ4n) is 16.2. The summed E-state index contributed by atoms with van der Waals surface area (Å²) in [6.07, 6.45) is 16.4. The molecule has 18 heteroatoms. The van der Waals surface area contributed by atoms with Crippen molar-refractivity contribution in [3.8, 4) is 0 Å². The summed E-state index contributed by atoms with van der Waals surface area (Å²) in [5, 5.41) is 57.4. The lowest BCUT2D eigenvalue weighted by Crippen LogP contribution is -2.34. The highest BCUT2D eigenvalue weighted by atomic mass is 16.3. The first kappa shape index (κ1) is 74.2. The molecular weight excluding hydrogens is 1310 g/mol. The van der Waals surface area contributed by atoms with Crippen molar-refractivity contribution in [3.63, 3.8) is 0 Å². The first-order valence-electron chi connectivity index (χ1n) is 37.4. The van der Waals surface area contributed by atoms with Crippen LogP contribution in [-0.2, 0) is 88.3 Å². The van der Waals surface area contributed by atoms with E-state index in [9.17, 15) is 25.2 Å². The van der Waals surface area contributed by atoms with Crippen LogP contribution in [0.2, 0.25) is 0 Å². The Hall–Kier alpha value is -9.05. The number of pyridine rings is 4. The zero-order valence-corrected chi connectivity index (χ0v) is 62.6. The normalized spacial score (nSPS) is 16.1. The number of benzene rings is 4. The number of aliphatic hydroxyl groups is 5. The molecule has 0 amide bonds. The van der Waals surface area contributed by atoms with Gasteiger partial charge in [0.1, 0.15) is 5.78 Å². The summed E-state index contributed by atoms with van der Waals surface area (Å²) in [6.45, 7) is 26.3. The standard InChI is InChI=1S/C23H29N3O.C22H25N3O2.C22H27N3O2.C20H23N3O/c1-23(2,3)17-5-6-20-18(13-17)19-14-25(4)12-9-21(19)26(20)15-22(27)16-7-10-24-11-8-16;1-15-3-4-20-18(11-15)19-13-24(12-16(2)26)10-7-21(19)25(20)14-22(27)17-5-8-23-9-6-17;1-16-3-4-20-18(13-16)19-14-24(10-2-12-26)11-7-21(19)25(20)15-22(27)17-5-8-23-9-6-17;1-14-3-4-18-16(11-14)17-12-22(2)10-7-19(17)23(18)13-20(24)15-5-8-21-9-6-15/h5-8,10-11,13,22,27H,9,12,14-15H2,1-4H3;3-6,8-9,11,22,27H,7,10,12-14H2,1-2H3;3-6,8-9,13,22,26-27H,2,7,10-12,14-15H2,1H3;3-6,8-9,11,20,24H,7,10,12-13H2,1-2H3. The predicted molar refractivity (Wildman–Crippen MR) is 418 cm³/mol. The van der Waals surface area contributed by atoms with Crippen LogP contribution in [0.4, 0.5) is 0 Å². The molecule has 105 heavy (non-hydrogen) atoms. The number of rotatable bonds is 17. The van der Waals surface area contributed by atoms with Gasteiger partial charge in [0.05, 0.1) is 57.1 Å². The second kappa shape index (κ2) is 32.8. The topological polar surface area (TPSA) is 202 Å². The van der Waals surface area contributed by atoms with Crippen molar-refractivity contribution >= 4 is 49.4 Å². The van der Waals surface area contributed by atoms with Gasteiger partial charge in [0, 0.05) is 207 Å². The van der Waals surface area contributed by atoms with Crippen LogP contribution < -0.4 is 0 Å². The highest BCUT2D eigenvalue weighted by Gasteiger charge is 2.30. The summed E-state index contributed by atoms with van der Waals surface area (Å²) in [7, 11) is 4.36. The molecule has 0 spiro atoms. The summed E-state index contributed by atoms with van der Waals surface area (Å²) in [5.41, 5.74) is 24.6. The van der Waals surface area contributed by atoms with Gasteiger partial charge < -0.3 is 53.6 Å². The van der Waals surface area contributed by atoms with E-state index in [0.29, 0.717) is 32.7 Å². The van der Waals surface area contributed by atoms with Crippen LogP contribution in [0.1, 0.15) is 148 Å². The lowest BCUT2D eigenvalue weighted by atomic mass is 9.86. The minimum atomic E-state index is -0.579. The van der Waals surface area contributed by atoms with Crippen molar-refractivity contribution in [1.29, 1.82) is 0 Å². The minimum absolute atomic E-state index is 0.125. The first-order chi connectivity index (χ1) is 50.7. The van der Waals surface area contributed by atoms with Gasteiger partial charge >= 0.3 is 0 Å². The van der Waals surface area contributed by atoms with Crippen molar-refractivity contribution < 1.29 is 30.3 Å². The van der Waals surface area contributed by atoms with E-state index in [2.05, 4.69) is 186 Å². The molecule has 4 aliphatic heterocycles. The van der Waals surface area contributed by atoms with Gasteiger partial charge in [-0.05, 0) is 201 Å². The molecule has 0 fully saturated rings. The van der Waals surface area contributed by atoms with Crippen LogP contribution in [-0.4, -0.2) is 149 Å². The SMILES string of the molecule is CC(=O)CN1CCc2c(c3cc(C)ccc3n2CC(O)c2ccncc2)C1.CN1CCc2c(c3cc(C(C)(C)C)ccc3n2CC(O)c2ccncc2)C1.Cc1ccc2c(c1)c1c(n2CC(O)c2ccncc2)CCN(C)C1.Cc1ccc2c(c1)c1c(n2CC(O)c2ccncc2)CCN(CCCO)C1. The van der Waals surface area contributed by atoms with Crippen LogP contribution in [0.5, 0.6) is 0 Å². The molecule has 0 radical (unpaired) electrons. The quantitative estimate of drug-likeness (QED) is 0.0576. The Bertz CT molecular complexity index is 4960. The molecular formula is C87H104N12O6. The van der Waals surface area contributed by atoms with Gasteiger partial charge in [-0.1, -0.05) is 61.7 Å². The average molecular weight is 1410 g/mol. The molecule has 0 saturated heterocycles. The zero-order valence-electron chi connectivity index (χ0n) is 62.6. The van der Waals surface area contributed by atoms with Crippen LogP contribution in [0.3, 0.4) is 0 Å². The third kappa shape index (κ3) is 16.8. The average Bonchev–Trinajstić information content (AvgIpc) is 1.62.